The molecule has 0 amide bonds. The molecule has 1 heterocycles. The van der Waals surface area contributed by atoms with E-state index in [0.717, 1.165) is 6.26 Å². The molecule has 0 saturated carbocycles. The van der Waals surface area contributed by atoms with Crippen molar-refractivity contribution in [3.8, 4) is 5.75 Å². The van der Waals surface area contributed by atoms with Crippen LogP contribution in [0.4, 0.5) is 0 Å². The van der Waals surface area contributed by atoms with Crippen molar-refractivity contribution in [1.82, 2.24) is 0 Å². The van der Waals surface area contributed by atoms with Crippen molar-refractivity contribution in [2.45, 2.75) is 5.75 Å². The number of furan rings is 1. The van der Waals surface area contributed by atoms with Crippen molar-refractivity contribution in [3.05, 3.63) is 30.0 Å². The number of phenolic OH excluding ortho intramolecular Hbond substituents is 1. The van der Waals surface area contributed by atoms with Crippen LogP contribution in [0.25, 0.3) is 11.0 Å². The van der Waals surface area contributed by atoms with Gasteiger partial charge in [-0.1, -0.05) is 0 Å². The summed E-state index contributed by atoms with van der Waals surface area (Å²) >= 11 is 0. The minimum Gasteiger partial charge on any atom is -0.508 e. The van der Waals surface area contributed by atoms with Crippen LogP contribution in [0.3, 0.4) is 0 Å². The van der Waals surface area contributed by atoms with Crippen molar-refractivity contribution in [3.63, 3.8) is 0 Å². The van der Waals surface area contributed by atoms with Gasteiger partial charge in [-0.25, -0.2) is 8.42 Å². The van der Waals surface area contributed by atoms with Crippen molar-refractivity contribution in [1.29, 1.82) is 0 Å². The summed E-state index contributed by atoms with van der Waals surface area (Å²) in [5.41, 5.74) is 0.575. The Bertz CT molecular complexity index is 595. The number of hydrogen-bond donors (Lipinski definition) is 1. The third kappa shape index (κ3) is 2.30. The van der Waals surface area contributed by atoms with Gasteiger partial charge in [-0.2, -0.15) is 0 Å². The van der Waals surface area contributed by atoms with E-state index in [2.05, 4.69) is 0 Å². The van der Waals surface area contributed by atoms with Crippen LogP contribution in [0.1, 0.15) is 5.76 Å². The van der Waals surface area contributed by atoms with Crippen molar-refractivity contribution in [2.75, 3.05) is 6.26 Å². The first-order chi connectivity index (χ1) is 6.94. The largest absolute Gasteiger partial charge is 0.508 e. The lowest BCUT2D eigenvalue weighted by Gasteiger charge is -1.91. The summed E-state index contributed by atoms with van der Waals surface area (Å²) in [7, 11) is -3.09. The maximum absolute atomic E-state index is 11.0. The maximum atomic E-state index is 11.0. The highest BCUT2D eigenvalue weighted by Gasteiger charge is 2.10. The molecule has 0 spiro atoms. The molecule has 2 rings (SSSR count). The number of sulfone groups is 1. The maximum Gasteiger partial charge on any atom is 0.154 e. The van der Waals surface area contributed by atoms with Crippen LogP contribution in [-0.4, -0.2) is 19.8 Å². The molecular formula is C10H10O4S. The summed E-state index contributed by atoms with van der Waals surface area (Å²) in [6.07, 6.45) is 1.15. The lowest BCUT2D eigenvalue weighted by Crippen LogP contribution is -1.98. The van der Waals surface area contributed by atoms with E-state index < -0.39 is 9.84 Å². The number of hydrogen-bond acceptors (Lipinski definition) is 4. The first-order valence-electron chi connectivity index (χ1n) is 4.33. The predicted octanol–water partition coefficient (Wildman–Crippen LogP) is 1.68. The van der Waals surface area contributed by atoms with Gasteiger partial charge in [-0.3, -0.25) is 0 Å². The van der Waals surface area contributed by atoms with Crippen molar-refractivity contribution < 1.29 is 17.9 Å². The summed E-state index contributed by atoms with van der Waals surface area (Å²) in [6.45, 7) is 0. The smallest absolute Gasteiger partial charge is 0.154 e. The molecule has 0 aliphatic rings. The van der Waals surface area contributed by atoms with Gasteiger partial charge in [0, 0.05) is 11.6 Å². The Morgan fingerprint density at radius 3 is 2.73 bits per heavy atom. The summed E-state index contributed by atoms with van der Waals surface area (Å²) < 4.78 is 27.4. The van der Waals surface area contributed by atoms with Gasteiger partial charge < -0.3 is 9.52 Å². The molecule has 0 saturated heterocycles. The second-order valence-corrected chi connectivity index (χ2v) is 5.65. The zero-order valence-electron chi connectivity index (χ0n) is 8.10. The highest BCUT2D eigenvalue weighted by Crippen LogP contribution is 2.24. The molecule has 15 heavy (non-hydrogen) atoms. The summed E-state index contributed by atoms with van der Waals surface area (Å²) in [5.74, 6) is 0.398. The Balaban J connectivity index is 2.48. The molecule has 1 aromatic carbocycles. The molecule has 0 radical (unpaired) electrons. The normalized spacial score (nSPS) is 12.1. The molecule has 5 heteroatoms. The molecule has 0 atom stereocenters. The number of benzene rings is 1. The van der Waals surface area contributed by atoms with Gasteiger partial charge in [0.1, 0.15) is 22.8 Å². The van der Waals surface area contributed by atoms with Gasteiger partial charge in [0.15, 0.2) is 9.84 Å². The minimum atomic E-state index is -3.09. The van der Waals surface area contributed by atoms with Gasteiger partial charge in [0.05, 0.1) is 0 Å². The SMILES string of the molecule is CS(=O)(=O)Cc1cc2cc(O)ccc2o1. The monoisotopic (exact) mass is 226 g/mol. The van der Waals surface area contributed by atoms with Crippen LogP contribution < -0.4 is 0 Å². The Morgan fingerprint density at radius 1 is 1.33 bits per heavy atom. The summed E-state index contributed by atoms with van der Waals surface area (Å²) in [5, 5.41) is 9.91. The third-order valence-electron chi connectivity index (χ3n) is 1.96. The van der Waals surface area contributed by atoms with Crippen molar-refractivity contribution in [2.24, 2.45) is 0 Å². The van der Waals surface area contributed by atoms with Crippen LogP contribution in [0.5, 0.6) is 5.75 Å². The standard InChI is InChI=1S/C10H10O4S/c1-15(12,13)6-9-5-7-4-8(11)2-3-10(7)14-9/h2-5,11H,6H2,1H3. The third-order valence-corrected chi connectivity index (χ3v) is 2.76. The van der Waals surface area contributed by atoms with Gasteiger partial charge in [-0.15, -0.1) is 0 Å². The minimum absolute atomic E-state index is 0.123. The lowest BCUT2D eigenvalue weighted by molar-refractivity contribution is 0.475. The molecule has 0 bridgehead atoms. The molecule has 0 fully saturated rings. The Kier molecular flexibility index (Phi) is 2.19. The molecule has 0 aliphatic carbocycles. The molecule has 80 valence electrons. The highest BCUT2D eigenvalue weighted by molar-refractivity contribution is 7.89. The second kappa shape index (κ2) is 3.27. The Labute approximate surface area is 87.1 Å². The molecule has 4 nitrogen and oxygen atoms in total. The molecule has 0 unspecified atom stereocenters. The van der Waals surface area contributed by atoms with E-state index >= 15 is 0 Å². The lowest BCUT2D eigenvalue weighted by atomic mass is 10.2. The van der Waals surface area contributed by atoms with E-state index in [4.69, 9.17) is 4.42 Å². The predicted molar refractivity (Wildman–Crippen MR) is 56.4 cm³/mol. The number of aromatic hydroxyl groups is 1. The van der Waals surface area contributed by atoms with E-state index in [0.29, 0.717) is 16.7 Å². The average Bonchev–Trinajstić information content (AvgIpc) is 2.42. The van der Waals surface area contributed by atoms with E-state index in [-0.39, 0.29) is 11.5 Å². The fraction of sp³-hybridized carbons (Fsp3) is 0.200. The van der Waals surface area contributed by atoms with E-state index in [1.165, 1.54) is 12.1 Å². The van der Waals surface area contributed by atoms with E-state index in [1.54, 1.807) is 12.1 Å². The number of fused-ring (bicyclic) bond motifs is 1. The average molecular weight is 226 g/mol. The van der Waals surface area contributed by atoms with Gasteiger partial charge in [0.25, 0.3) is 0 Å². The van der Waals surface area contributed by atoms with Crippen LogP contribution in [0, 0.1) is 0 Å². The summed E-state index contributed by atoms with van der Waals surface area (Å²) in [4.78, 5) is 0. The first-order valence-corrected chi connectivity index (χ1v) is 6.39. The van der Waals surface area contributed by atoms with E-state index in [9.17, 15) is 13.5 Å². The molecule has 1 N–H and O–H groups in total. The van der Waals surface area contributed by atoms with Crippen LogP contribution in [0.2, 0.25) is 0 Å². The molecule has 1 aromatic heterocycles. The molecular weight excluding hydrogens is 216 g/mol. The van der Waals surface area contributed by atoms with E-state index in [1.807, 2.05) is 0 Å². The van der Waals surface area contributed by atoms with Crippen LogP contribution in [-0.2, 0) is 15.6 Å². The highest BCUT2D eigenvalue weighted by atomic mass is 32.2. The Morgan fingerprint density at radius 2 is 2.07 bits per heavy atom. The summed E-state index contributed by atoms with van der Waals surface area (Å²) in [6, 6.07) is 6.26. The fourth-order valence-electron chi connectivity index (χ4n) is 1.42. The topological polar surface area (TPSA) is 67.5 Å². The number of phenols is 1. The fourth-order valence-corrected chi connectivity index (χ4v) is 2.07. The zero-order valence-corrected chi connectivity index (χ0v) is 8.91. The van der Waals surface area contributed by atoms with Crippen LogP contribution in [0.15, 0.2) is 28.7 Å². The number of rotatable bonds is 2. The van der Waals surface area contributed by atoms with Gasteiger partial charge in [-0.05, 0) is 24.3 Å². The molecule has 0 aliphatic heterocycles. The quantitative estimate of drug-likeness (QED) is 0.846. The molecule has 2 aromatic rings. The first kappa shape index (κ1) is 10.0. The second-order valence-electron chi connectivity index (χ2n) is 3.50. The van der Waals surface area contributed by atoms with Crippen molar-refractivity contribution >= 4 is 20.8 Å². The van der Waals surface area contributed by atoms with Gasteiger partial charge in [0.2, 0.25) is 0 Å². The van der Waals surface area contributed by atoms with Crippen LogP contribution >= 0.6 is 0 Å². The zero-order chi connectivity index (χ0) is 11.1. The van der Waals surface area contributed by atoms with Gasteiger partial charge >= 0.3 is 0 Å². The Hall–Kier alpha value is -1.49.